The highest BCUT2D eigenvalue weighted by molar-refractivity contribution is 5.84. The summed E-state index contributed by atoms with van der Waals surface area (Å²) in [5.41, 5.74) is 0.405. The molecule has 3 rings (SSSR count). The number of anilines is 1. The van der Waals surface area contributed by atoms with Gasteiger partial charge in [-0.1, -0.05) is 24.3 Å². The summed E-state index contributed by atoms with van der Waals surface area (Å²) >= 11 is 0. The second kappa shape index (κ2) is 8.98. The summed E-state index contributed by atoms with van der Waals surface area (Å²) in [6.45, 7) is 2.42. The summed E-state index contributed by atoms with van der Waals surface area (Å²) in [5, 5.41) is 5.20. The van der Waals surface area contributed by atoms with E-state index in [9.17, 15) is 14.0 Å². The Balaban J connectivity index is 1.38. The molecule has 2 heterocycles. The summed E-state index contributed by atoms with van der Waals surface area (Å²) in [6, 6.07) is 11.7. The molecule has 3 amide bonds. The molecule has 142 valence electrons. The van der Waals surface area contributed by atoms with E-state index in [4.69, 9.17) is 0 Å². The lowest BCUT2D eigenvalue weighted by Crippen LogP contribution is -2.53. The van der Waals surface area contributed by atoms with Gasteiger partial charge in [-0.05, 0) is 18.2 Å². The summed E-state index contributed by atoms with van der Waals surface area (Å²) in [5.74, 6) is 0.163. The Labute approximate surface area is 157 Å². The Morgan fingerprint density at radius 1 is 1.00 bits per heavy atom. The third-order valence-electron chi connectivity index (χ3n) is 4.37. The minimum absolute atomic E-state index is 0.0874. The van der Waals surface area contributed by atoms with Crippen molar-refractivity contribution in [3.8, 4) is 0 Å². The highest BCUT2D eigenvalue weighted by Crippen LogP contribution is 2.12. The molecule has 0 radical (unpaired) electrons. The lowest BCUT2D eigenvalue weighted by molar-refractivity contribution is -0.120. The number of nitrogens with one attached hydrogen (secondary N) is 2. The summed E-state index contributed by atoms with van der Waals surface area (Å²) < 4.78 is 13.5. The zero-order valence-corrected chi connectivity index (χ0v) is 14.9. The van der Waals surface area contributed by atoms with Gasteiger partial charge in [-0.3, -0.25) is 4.79 Å². The van der Waals surface area contributed by atoms with Crippen molar-refractivity contribution >= 4 is 17.8 Å². The first-order valence-corrected chi connectivity index (χ1v) is 8.82. The van der Waals surface area contributed by atoms with Crippen LogP contribution in [-0.2, 0) is 11.3 Å². The molecule has 2 N–H and O–H groups in total. The number of piperazine rings is 1. The van der Waals surface area contributed by atoms with Crippen molar-refractivity contribution in [1.29, 1.82) is 0 Å². The van der Waals surface area contributed by atoms with Crippen LogP contribution in [0.25, 0.3) is 0 Å². The van der Waals surface area contributed by atoms with Crippen LogP contribution < -0.4 is 15.5 Å². The number of hydrogen-bond acceptors (Lipinski definition) is 4. The summed E-state index contributed by atoms with van der Waals surface area (Å²) in [6.07, 6.45) is 1.74. The lowest BCUT2D eigenvalue weighted by atomic mass is 10.2. The molecule has 0 saturated carbocycles. The molecule has 27 heavy (non-hydrogen) atoms. The average Bonchev–Trinajstić information content (AvgIpc) is 2.72. The second-order valence-electron chi connectivity index (χ2n) is 6.19. The van der Waals surface area contributed by atoms with E-state index in [1.807, 2.05) is 18.2 Å². The van der Waals surface area contributed by atoms with Gasteiger partial charge in [0.05, 0.1) is 6.54 Å². The molecule has 1 aliphatic heterocycles. The van der Waals surface area contributed by atoms with Crippen LogP contribution in [0, 0.1) is 5.82 Å². The quantitative estimate of drug-likeness (QED) is 0.832. The maximum absolute atomic E-state index is 13.5. The molecule has 1 aliphatic rings. The Morgan fingerprint density at radius 2 is 1.74 bits per heavy atom. The van der Waals surface area contributed by atoms with E-state index in [-0.39, 0.29) is 30.8 Å². The van der Waals surface area contributed by atoms with E-state index in [0.717, 1.165) is 5.82 Å². The van der Waals surface area contributed by atoms with Crippen molar-refractivity contribution in [2.75, 3.05) is 37.6 Å². The molecule has 2 aromatic rings. The number of rotatable bonds is 5. The first-order valence-electron chi connectivity index (χ1n) is 8.82. The highest BCUT2D eigenvalue weighted by atomic mass is 19.1. The molecule has 1 aromatic carbocycles. The minimum Gasteiger partial charge on any atom is -0.353 e. The lowest BCUT2D eigenvalue weighted by Gasteiger charge is -2.35. The molecule has 1 fully saturated rings. The number of hydrogen-bond donors (Lipinski definition) is 2. The van der Waals surface area contributed by atoms with Crippen LogP contribution in [0.4, 0.5) is 15.0 Å². The Morgan fingerprint density at radius 3 is 2.44 bits per heavy atom. The van der Waals surface area contributed by atoms with Gasteiger partial charge in [0.25, 0.3) is 0 Å². The fraction of sp³-hybridized carbons (Fsp3) is 0.316. The zero-order chi connectivity index (χ0) is 19.1. The molecular weight excluding hydrogens is 349 g/mol. The number of urea groups is 1. The molecular formula is C19H22FN5O2. The molecule has 0 aliphatic carbocycles. The molecule has 0 atom stereocenters. The van der Waals surface area contributed by atoms with E-state index in [0.29, 0.717) is 31.7 Å². The van der Waals surface area contributed by atoms with Crippen LogP contribution in [0.15, 0.2) is 48.7 Å². The van der Waals surface area contributed by atoms with Crippen LogP contribution >= 0.6 is 0 Å². The standard InChI is InChI=1S/C19H22FN5O2/c20-16-6-2-1-5-15(16)13-22-18(26)14-23-19(27)25-11-9-24(10-12-25)17-7-3-4-8-21-17/h1-8H,9-14H2,(H,22,26)(H,23,27). The maximum Gasteiger partial charge on any atom is 0.317 e. The smallest absolute Gasteiger partial charge is 0.317 e. The van der Waals surface area contributed by atoms with Gasteiger partial charge < -0.3 is 20.4 Å². The predicted molar refractivity (Wildman–Crippen MR) is 99.7 cm³/mol. The van der Waals surface area contributed by atoms with Crippen LogP contribution in [-0.4, -0.2) is 54.5 Å². The Bertz CT molecular complexity index is 779. The third-order valence-corrected chi connectivity index (χ3v) is 4.37. The van der Waals surface area contributed by atoms with Crippen molar-refractivity contribution in [1.82, 2.24) is 20.5 Å². The van der Waals surface area contributed by atoms with Crippen molar-refractivity contribution in [2.24, 2.45) is 0 Å². The van der Waals surface area contributed by atoms with Gasteiger partial charge in [0.2, 0.25) is 5.91 Å². The second-order valence-corrected chi connectivity index (χ2v) is 6.19. The van der Waals surface area contributed by atoms with Gasteiger partial charge >= 0.3 is 6.03 Å². The summed E-state index contributed by atoms with van der Waals surface area (Å²) in [4.78, 5) is 32.2. The average molecular weight is 371 g/mol. The number of carbonyl (C=O) groups is 2. The molecule has 0 spiro atoms. The van der Waals surface area contributed by atoms with Crippen LogP contribution in [0.2, 0.25) is 0 Å². The fourth-order valence-electron chi connectivity index (χ4n) is 2.85. The molecule has 7 nitrogen and oxygen atoms in total. The van der Waals surface area contributed by atoms with Crippen molar-refractivity contribution in [3.05, 3.63) is 60.0 Å². The molecule has 0 bridgehead atoms. The fourth-order valence-corrected chi connectivity index (χ4v) is 2.85. The van der Waals surface area contributed by atoms with Gasteiger partial charge in [0.1, 0.15) is 11.6 Å². The van der Waals surface area contributed by atoms with E-state index in [2.05, 4.69) is 20.5 Å². The highest BCUT2D eigenvalue weighted by Gasteiger charge is 2.21. The maximum atomic E-state index is 13.5. The molecule has 8 heteroatoms. The zero-order valence-electron chi connectivity index (χ0n) is 14.9. The van der Waals surface area contributed by atoms with Crippen molar-refractivity contribution < 1.29 is 14.0 Å². The molecule has 1 saturated heterocycles. The van der Waals surface area contributed by atoms with Gasteiger partial charge in [0.15, 0.2) is 0 Å². The number of halogens is 1. The summed E-state index contributed by atoms with van der Waals surface area (Å²) in [7, 11) is 0. The topological polar surface area (TPSA) is 77.6 Å². The van der Waals surface area contributed by atoms with Gasteiger partial charge in [-0.2, -0.15) is 0 Å². The normalized spacial score (nSPS) is 14.0. The first kappa shape index (κ1) is 18.6. The van der Waals surface area contributed by atoms with Crippen molar-refractivity contribution in [2.45, 2.75) is 6.54 Å². The molecule has 1 aromatic heterocycles. The SMILES string of the molecule is O=C(CNC(=O)N1CCN(c2ccccn2)CC1)NCc1ccccc1F. The van der Waals surface area contributed by atoms with Crippen molar-refractivity contribution in [3.63, 3.8) is 0 Å². The molecule has 0 unspecified atom stereocenters. The van der Waals surface area contributed by atoms with Gasteiger partial charge in [-0.15, -0.1) is 0 Å². The number of benzene rings is 1. The Hall–Kier alpha value is -3.16. The Kier molecular flexibility index (Phi) is 6.19. The van der Waals surface area contributed by atoms with E-state index in [1.165, 1.54) is 6.07 Å². The van der Waals surface area contributed by atoms with E-state index >= 15 is 0 Å². The monoisotopic (exact) mass is 371 g/mol. The number of nitrogens with zero attached hydrogens (tertiary/aromatic N) is 3. The largest absolute Gasteiger partial charge is 0.353 e. The third kappa shape index (κ3) is 5.16. The number of pyridine rings is 1. The first-order chi connectivity index (χ1) is 13.1. The number of amides is 3. The van der Waals surface area contributed by atoms with Crippen LogP contribution in [0.3, 0.4) is 0 Å². The minimum atomic E-state index is -0.368. The number of aromatic nitrogens is 1. The van der Waals surface area contributed by atoms with Gasteiger partial charge in [-0.25, -0.2) is 14.2 Å². The van der Waals surface area contributed by atoms with E-state index in [1.54, 1.807) is 29.3 Å². The number of carbonyl (C=O) groups excluding carboxylic acids is 2. The van der Waals surface area contributed by atoms with Crippen LogP contribution in [0.1, 0.15) is 5.56 Å². The van der Waals surface area contributed by atoms with Crippen LogP contribution in [0.5, 0.6) is 0 Å². The van der Waals surface area contributed by atoms with E-state index < -0.39 is 0 Å². The predicted octanol–water partition coefficient (Wildman–Crippen LogP) is 1.37. The van der Waals surface area contributed by atoms with Gasteiger partial charge in [0, 0.05) is 44.5 Å².